The topological polar surface area (TPSA) is 83.7 Å². The van der Waals surface area contributed by atoms with Crippen molar-refractivity contribution in [3.8, 4) is 0 Å². The van der Waals surface area contributed by atoms with Crippen LogP contribution in [0.15, 0.2) is 78.1 Å². The van der Waals surface area contributed by atoms with Crippen LogP contribution >= 0.6 is 12.4 Å². The summed E-state index contributed by atoms with van der Waals surface area (Å²) in [4.78, 5) is 32.8. The first-order chi connectivity index (χ1) is 18.1. The molecule has 4 heterocycles. The number of benzene rings is 1. The highest BCUT2D eigenvalue weighted by molar-refractivity contribution is 5.85. The third kappa shape index (κ3) is 6.32. The second-order valence-electron chi connectivity index (χ2n) is 9.55. The van der Waals surface area contributed by atoms with E-state index in [1.807, 2.05) is 55.7 Å². The molecule has 1 saturated heterocycles. The van der Waals surface area contributed by atoms with Crippen LogP contribution in [0, 0.1) is 6.92 Å². The Labute approximate surface area is 228 Å². The Kier molecular flexibility index (Phi) is 9.33. The molecule has 1 aromatic carbocycles. The predicted octanol–water partition coefficient (Wildman–Crippen LogP) is 3.61. The SMILES string of the molecule is Cc1cc(CN(Cc2cn(OCCO)c3ccccc3c2=O)[C@H]2CCCN(c3cccnc3)C2)ccn1.Cl. The number of aromatic nitrogens is 3. The molecule has 0 unspecified atom stereocenters. The highest BCUT2D eigenvalue weighted by atomic mass is 35.5. The number of aliphatic hydroxyl groups is 1. The molecule has 0 saturated carbocycles. The normalized spacial score (nSPS) is 15.4. The van der Waals surface area contributed by atoms with Crippen molar-refractivity contribution in [2.75, 3.05) is 31.2 Å². The first kappa shape index (κ1) is 27.6. The van der Waals surface area contributed by atoms with Gasteiger partial charge in [0.05, 0.1) is 30.2 Å². The largest absolute Gasteiger partial charge is 0.411 e. The zero-order valence-corrected chi connectivity index (χ0v) is 22.4. The predicted molar refractivity (Wildman–Crippen MR) is 152 cm³/mol. The molecule has 1 fully saturated rings. The van der Waals surface area contributed by atoms with Crippen LogP contribution in [0.5, 0.6) is 0 Å². The van der Waals surface area contributed by atoms with Crippen molar-refractivity contribution in [2.24, 2.45) is 0 Å². The first-order valence-corrected chi connectivity index (χ1v) is 12.8. The standard InChI is InChI=1S/C29H33N5O3.ClH/c1-22-16-23(10-12-31-22)18-33(26-7-5-13-32(21-26)25-6-4-11-30-17-25)19-24-20-34(37-15-14-35)28-9-3-2-8-27(28)29(24)36;/h2-4,6,8-12,16-17,20,26,35H,5,7,13-15,18-19,21H2,1H3;1H/t26-;/m0./s1. The Hall–Kier alpha value is -3.46. The first-order valence-electron chi connectivity index (χ1n) is 12.8. The molecule has 0 spiro atoms. The Morgan fingerprint density at radius 2 is 2.00 bits per heavy atom. The Balaban J connectivity index is 0.00000336. The molecule has 0 bridgehead atoms. The summed E-state index contributed by atoms with van der Waals surface area (Å²) < 4.78 is 1.62. The molecule has 200 valence electrons. The van der Waals surface area contributed by atoms with Crippen molar-refractivity contribution < 1.29 is 9.94 Å². The number of halogens is 1. The van der Waals surface area contributed by atoms with Gasteiger partial charge in [-0.15, -0.1) is 12.4 Å². The zero-order valence-electron chi connectivity index (χ0n) is 21.6. The van der Waals surface area contributed by atoms with Crippen LogP contribution < -0.4 is 15.2 Å². The summed E-state index contributed by atoms with van der Waals surface area (Å²) in [5.74, 6) is 0. The van der Waals surface area contributed by atoms with Crippen LogP contribution in [-0.4, -0.2) is 57.0 Å². The second-order valence-corrected chi connectivity index (χ2v) is 9.55. The molecule has 1 atom stereocenters. The summed E-state index contributed by atoms with van der Waals surface area (Å²) in [5.41, 5.74) is 4.64. The van der Waals surface area contributed by atoms with Crippen LogP contribution in [0.3, 0.4) is 0 Å². The number of pyridine rings is 3. The summed E-state index contributed by atoms with van der Waals surface area (Å²) >= 11 is 0. The Bertz CT molecular complexity index is 1400. The van der Waals surface area contributed by atoms with E-state index in [1.165, 1.54) is 5.56 Å². The summed E-state index contributed by atoms with van der Waals surface area (Å²) in [7, 11) is 0. The molecule has 0 aliphatic carbocycles. The van der Waals surface area contributed by atoms with Gasteiger partial charge in [0, 0.05) is 61.3 Å². The number of hydrogen-bond acceptors (Lipinski definition) is 7. The number of aliphatic hydroxyl groups excluding tert-OH is 1. The quantitative estimate of drug-likeness (QED) is 0.350. The molecule has 4 aromatic rings. The van der Waals surface area contributed by atoms with Crippen molar-refractivity contribution in [3.05, 3.63) is 100 Å². The number of rotatable bonds is 9. The molecular formula is C29H34ClN5O3. The van der Waals surface area contributed by atoms with Crippen LogP contribution in [0.25, 0.3) is 10.9 Å². The fraction of sp³-hybridized carbons (Fsp3) is 0.345. The number of nitrogens with zero attached hydrogens (tertiary/aromatic N) is 5. The highest BCUT2D eigenvalue weighted by Gasteiger charge is 2.27. The third-order valence-corrected chi connectivity index (χ3v) is 6.92. The lowest BCUT2D eigenvalue weighted by Gasteiger charge is -2.40. The monoisotopic (exact) mass is 535 g/mol. The number of aryl methyl sites for hydroxylation is 1. The van der Waals surface area contributed by atoms with E-state index >= 15 is 0 Å². The van der Waals surface area contributed by atoms with Gasteiger partial charge >= 0.3 is 0 Å². The van der Waals surface area contributed by atoms with E-state index in [-0.39, 0.29) is 37.1 Å². The minimum atomic E-state index is -0.102. The van der Waals surface area contributed by atoms with E-state index < -0.39 is 0 Å². The van der Waals surface area contributed by atoms with Gasteiger partial charge in [0.15, 0.2) is 5.43 Å². The average molecular weight is 536 g/mol. The number of para-hydroxylation sites is 1. The van der Waals surface area contributed by atoms with Gasteiger partial charge in [-0.05, 0) is 61.7 Å². The van der Waals surface area contributed by atoms with Crippen molar-refractivity contribution in [1.82, 2.24) is 19.6 Å². The fourth-order valence-corrected chi connectivity index (χ4v) is 5.16. The van der Waals surface area contributed by atoms with Crippen molar-refractivity contribution in [3.63, 3.8) is 0 Å². The van der Waals surface area contributed by atoms with Crippen LogP contribution in [0.4, 0.5) is 5.69 Å². The number of hydrogen-bond donors (Lipinski definition) is 1. The second kappa shape index (κ2) is 12.9. The van der Waals surface area contributed by atoms with E-state index in [1.54, 1.807) is 17.1 Å². The molecule has 9 heteroatoms. The number of piperidine rings is 1. The molecule has 1 aliphatic rings. The molecule has 3 aromatic heterocycles. The van der Waals surface area contributed by atoms with Gasteiger partial charge in [0.25, 0.3) is 0 Å². The summed E-state index contributed by atoms with van der Waals surface area (Å²) in [6.07, 6.45) is 9.45. The van der Waals surface area contributed by atoms with E-state index in [4.69, 9.17) is 4.84 Å². The molecule has 0 radical (unpaired) electrons. The number of anilines is 1. The Morgan fingerprint density at radius 3 is 2.79 bits per heavy atom. The van der Waals surface area contributed by atoms with Gasteiger partial charge in [-0.2, -0.15) is 4.73 Å². The maximum Gasteiger partial charge on any atom is 0.194 e. The van der Waals surface area contributed by atoms with Gasteiger partial charge in [0.1, 0.15) is 6.61 Å². The highest BCUT2D eigenvalue weighted by Crippen LogP contribution is 2.25. The molecule has 0 amide bonds. The van der Waals surface area contributed by atoms with E-state index in [0.717, 1.165) is 37.3 Å². The fourth-order valence-electron chi connectivity index (χ4n) is 5.16. The lowest BCUT2D eigenvalue weighted by molar-refractivity contribution is 0.0808. The molecular weight excluding hydrogens is 502 g/mol. The van der Waals surface area contributed by atoms with E-state index in [2.05, 4.69) is 31.9 Å². The van der Waals surface area contributed by atoms with Gasteiger partial charge in [0.2, 0.25) is 0 Å². The summed E-state index contributed by atoms with van der Waals surface area (Å²) in [5, 5.41) is 9.93. The lowest BCUT2D eigenvalue weighted by atomic mass is 10.0. The minimum absolute atomic E-state index is 0. The molecule has 38 heavy (non-hydrogen) atoms. The average Bonchev–Trinajstić information content (AvgIpc) is 2.94. The smallest absolute Gasteiger partial charge is 0.194 e. The van der Waals surface area contributed by atoms with E-state index in [0.29, 0.717) is 29.6 Å². The molecule has 1 aliphatic heterocycles. The minimum Gasteiger partial charge on any atom is -0.411 e. The van der Waals surface area contributed by atoms with Crippen molar-refractivity contribution >= 4 is 29.0 Å². The molecule has 5 rings (SSSR count). The van der Waals surface area contributed by atoms with Crippen LogP contribution in [0.2, 0.25) is 0 Å². The Morgan fingerprint density at radius 1 is 1.13 bits per heavy atom. The maximum absolute atomic E-state index is 13.6. The van der Waals surface area contributed by atoms with Crippen LogP contribution in [-0.2, 0) is 13.1 Å². The van der Waals surface area contributed by atoms with Gasteiger partial charge < -0.3 is 14.8 Å². The number of fused-ring (bicyclic) bond motifs is 1. The van der Waals surface area contributed by atoms with Gasteiger partial charge in [-0.1, -0.05) is 12.1 Å². The molecule has 8 nitrogen and oxygen atoms in total. The van der Waals surface area contributed by atoms with Gasteiger partial charge in [-0.3, -0.25) is 19.7 Å². The van der Waals surface area contributed by atoms with Gasteiger partial charge in [-0.25, -0.2) is 0 Å². The molecule has 1 N–H and O–H groups in total. The summed E-state index contributed by atoms with van der Waals surface area (Å²) in [6.45, 7) is 5.09. The van der Waals surface area contributed by atoms with Crippen LogP contribution in [0.1, 0.15) is 29.7 Å². The zero-order chi connectivity index (χ0) is 25.6. The lowest BCUT2D eigenvalue weighted by Crippen LogP contribution is -2.48. The van der Waals surface area contributed by atoms with Crippen molar-refractivity contribution in [1.29, 1.82) is 0 Å². The van der Waals surface area contributed by atoms with Crippen molar-refractivity contribution in [2.45, 2.75) is 38.9 Å². The third-order valence-electron chi connectivity index (χ3n) is 6.92. The van der Waals surface area contributed by atoms with E-state index in [9.17, 15) is 9.90 Å². The summed E-state index contributed by atoms with van der Waals surface area (Å²) in [6, 6.07) is 15.9. The maximum atomic E-state index is 13.6.